The molecule has 0 radical (unpaired) electrons. The van der Waals surface area contributed by atoms with Gasteiger partial charge in [-0.3, -0.25) is 24.5 Å². The van der Waals surface area contributed by atoms with E-state index in [0.717, 1.165) is 21.8 Å². The zero-order chi connectivity index (χ0) is 21.9. The van der Waals surface area contributed by atoms with Crippen LogP contribution >= 0.6 is 34.7 Å². The average molecular weight is 474 g/mol. The lowest BCUT2D eigenvalue weighted by molar-refractivity contribution is -0.384. The number of aromatic amines is 1. The number of nitrogens with zero attached hydrogens (tertiary/aromatic N) is 2. The van der Waals surface area contributed by atoms with Gasteiger partial charge in [-0.05, 0) is 29.8 Å². The molecule has 0 spiro atoms. The number of hydrogen-bond donors (Lipinski definition) is 1. The van der Waals surface area contributed by atoms with Crippen molar-refractivity contribution >= 4 is 57.9 Å². The summed E-state index contributed by atoms with van der Waals surface area (Å²) in [4.78, 5) is 53.5. The van der Waals surface area contributed by atoms with Crippen LogP contribution in [0.4, 0.5) is 11.4 Å². The van der Waals surface area contributed by atoms with E-state index in [-0.39, 0.29) is 16.2 Å². The zero-order valence-corrected chi connectivity index (χ0v) is 17.9. The molecule has 156 valence electrons. The van der Waals surface area contributed by atoms with Crippen molar-refractivity contribution in [3.63, 3.8) is 0 Å². The van der Waals surface area contributed by atoms with Crippen LogP contribution in [0.25, 0.3) is 0 Å². The van der Waals surface area contributed by atoms with E-state index >= 15 is 0 Å². The Morgan fingerprint density at radius 2 is 1.68 bits per heavy atom. The molecule has 8 nitrogen and oxygen atoms in total. The van der Waals surface area contributed by atoms with Crippen molar-refractivity contribution < 1.29 is 14.5 Å². The highest BCUT2D eigenvalue weighted by molar-refractivity contribution is 8.00. The van der Waals surface area contributed by atoms with Crippen molar-refractivity contribution in [1.82, 2.24) is 4.98 Å². The molecule has 1 aromatic heterocycles. The first-order valence-corrected chi connectivity index (χ1v) is 11.2. The Kier molecular flexibility index (Phi) is 4.72. The van der Waals surface area contributed by atoms with Gasteiger partial charge in [0.15, 0.2) is 0 Å². The number of carbonyl (C=O) groups is 2. The van der Waals surface area contributed by atoms with E-state index < -0.39 is 33.8 Å². The number of thiazole rings is 1. The fourth-order valence-corrected chi connectivity index (χ4v) is 6.67. The number of carbonyl (C=O) groups excluding carboxylic acids is 2. The number of thioether (sulfide) groups is 1. The Morgan fingerprint density at radius 1 is 1.00 bits per heavy atom. The van der Waals surface area contributed by atoms with Crippen molar-refractivity contribution in [1.29, 1.82) is 0 Å². The van der Waals surface area contributed by atoms with Crippen LogP contribution in [0.5, 0.6) is 0 Å². The number of amides is 2. The second kappa shape index (κ2) is 7.33. The molecule has 2 unspecified atom stereocenters. The molecule has 0 bridgehead atoms. The molecule has 1 saturated heterocycles. The third-order valence-electron chi connectivity index (χ3n) is 5.37. The highest BCUT2D eigenvalue weighted by atomic mass is 35.5. The largest absolute Gasteiger partial charge is 0.307 e. The first kappa shape index (κ1) is 20.0. The van der Waals surface area contributed by atoms with Crippen LogP contribution < -0.4 is 9.77 Å². The number of non-ortho nitro benzene ring substituents is 1. The maximum atomic E-state index is 13.5. The number of hydrogen-bond acceptors (Lipinski definition) is 7. The molecule has 11 heteroatoms. The lowest BCUT2D eigenvalue weighted by Crippen LogP contribution is -2.32. The van der Waals surface area contributed by atoms with Gasteiger partial charge < -0.3 is 4.98 Å². The lowest BCUT2D eigenvalue weighted by Gasteiger charge is -2.29. The molecule has 5 rings (SSSR count). The van der Waals surface area contributed by atoms with Crippen LogP contribution in [0, 0.1) is 16.0 Å². The maximum Gasteiger partial charge on any atom is 0.305 e. The Balaban J connectivity index is 1.60. The Labute approximate surface area is 188 Å². The van der Waals surface area contributed by atoms with Crippen molar-refractivity contribution in [3.05, 3.63) is 83.8 Å². The Morgan fingerprint density at radius 3 is 2.32 bits per heavy atom. The first-order chi connectivity index (χ1) is 14.8. The van der Waals surface area contributed by atoms with Crippen molar-refractivity contribution in [3.8, 4) is 0 Å². The molecule has 3 heterocycles. The second-order valence-corrected chi connectivity index (χ2v) is 9.69. The van der Waals surface area contributed by atoms with E-state index in [2.05, 4.69) is 4.98 Å². The summed E-state index contributed by atoms with van der Waals surface area (Å²) in [6.07, 6.45) is 0. The molecular weight excluding hydrogens is 462 g/mol. The van der Waals surface area contributed by atoms with Crippen LogP contribution in [-0.4, -0.2) is 27.0 Å². The van der Waals surface area contributed by atoms with Gasteiger partial charge in [-0.1, -0.05) is 46.8 Å². The molecule has 3 atom stereocenters. The topological polar surface area (TPSA) is 113 Å². The fraction of sp³-hybridized carbons (Fsp3) is 0.150. The number of benzene rings is 2. The molecule has 0 saturated carbocycles. The summed E-state index contributed by atoms with van der Waals surface area (Å²) in [5.41, 5.74) is 0.929. The molecular formula is C20H12ClN3O5S2. The minimum atomic E-state index is -0.721. The SMILES string of the molecule is O=C1C2Sc3[nH]c(=O)sc3[C@H](c3ccc(Cl)cc3)C2C(=O)N1c1ccc([N+](=O)[O-])cc1. The van der Waals surface area contributed by atoms with Crippen molar-refractivity contribution in [2.24, 2.45) is 5.92 Å². The average Bonchev–Trinajstić information content (AvgIpc) is 3.23. The van der Waals surface area contributed by atoms with E-state index in [1.54, 1.807) is 24.3 Å². The van der Waals surface area contributed by atoms with Crippen LogP contribution in [-0.2, 0) is 9.59 Å². The van der Waals surface area contributed by atoms with Gasteiger partial charge in [-0.25, -0.2) is 4.90 Å². The standard InChI is InChI=1S/C20H12ClN3O5S2/c21-10-3-1-9(2-4-10)13-14-16(30-17-15(13)31-20(27)22-17)19(26)23(18(14)25)11-5-7-12(8-6-11)24(28)29/h1-8,13-14,16H,(H,22,27)/t13-,14?,16?/m1/s1. The zero-order valence-electron chi connectivity index (χ0n) is 15.5. The van der Waals surface area contributed by atoms with E-state index in [4.69, 9.17) is 11.6 Å². The number of H-pyrrole nitrogens is 1. The first-order valence-electron chi connectivity index (χ1n) is 9.12. The molecule has 2 amide bonds. The van der Waals surface area contributed by atoms with Gasteiger partial charge in [-0.2, -0.15) is 0 Å². The minimum absolute atomic E-state index is 0.131. The summed E-state index contributed by atoms with van der Waals surface area (Å²) in [6, 6.07) is 12.3. The highest BCUT2D eigenvalue weighted by Crippen LogP contribution is 2.53. The smallest absolute Gasteiger partial charge is 0.305 e. The van der Waals surface area contributed by atoms with Crippen LogP contribution in [0.3, 0.4) is 0 Å². The van der Waals surface area contributed by atoms with E-state index in [0.29, 0.717) is 14.9 Å². The minimum Gasteiger partial charge on any atom is -0.307 e. The number of fused-ring (bicyclic) bond motifs is 2. The summed E-state index contributed by atoms with van der Waals surface area (Å²) in [5, 5.41) is 11.3. The number of rotatable bonds is 3. The molecule has 2 aromatic carbocycles. The van der Waals surface area contributed by atoms with Crippen LogP contribution in [0.2, 0.25) is 5.02 Å². The number of aromatic nitrogens is 1. The summed E-state index contributed by atoms with van der Waals surface area (Å²) in [6.45, 7) is 0. The maximum absolute atomic E-state index is 13.5. The molecule has 2 aliphatic rings. The van der Waals surface area contributed by atoms with Crippen LogP contribution in [0.15, 0.2) is 58.4 Å². The Hall–Kier alpha value is -2.95. The van der Waals surface area contributed by atoms with Crippen molar-refractivity contribution in [2.75, 3.05) is 4.90 Å². The van der Waals surface area contributed by atoms with Gasteiger partial charge >= 0.3 is 4.87 Å². The number of nitro benzene ring substituents is 1. The Bertz CT molecular complexity index is 1290. The number of imide groups is 1. The number of nitrogens with one attached hydrogen (secondary N) is 1. The lowest BCUT2D eigenvalue weighted by atomic mass is 9.83. The van der Waals surface area contributed by atoms with Gasteiger partial charge in [0.2, 0.25) is 11.8 Å². The van der Waals surface area contributed by atoms with Gasteiger partial charge in [-0.15, -0.1) is 0 Å². The van der Waals surface area contributed by atoms with Crippen molar-refractivity contribution in [2.45, 2.75) is 16.2 Å². The number of anilines is 1. The molecule has 2 aliphatic heterocycles. The van der Waals surface area contributed by atoms with Gasteiger partial charge in [0, 0.05) is 28.0 Å². The summed E-state index contributed by atoms with van der Waals surface area (Å²) < 4.78 is 0. The third-order valence-corrected chi connectivity index (χ3v) is 8.02. The van der Waals surface area contributed by atoms with Gasteiger partial charge in [0.05, 0.1) is 21.6 Å². The predicted molar refractivity (Wildman–Crippen MR) is 117 cm³/mol. The third kappa shape index (κ3) is 3.18. The predicted octanol–water partition coefficient (Wildman–Crippen LogP) is 3.79. The van der Waals surface area contributed by atoms with Crippen LogP contribution in [0.1, 0.15) is 16.4 Å². The molecule has 1 N–H and O–H groups in total. The molecule has 31 heavy (non-hydrogen) atoms. The quantitative estimate of drug-likeness (QED) is 0.351. The number of halogens is 1. The monoisotopic (exact) mass is 473 g/mol. The van der Waals surface area contributed by atoms with E-state index in [1.807, 2.05) is 0 Å². The summed E-state index contributed by atoms with van der Waals surface area (Å²) in [5.74, 6) is -2.01. The highest BCUT2D eigenvalue weighted by Gasteiger charge is 2.56. The number of nitro groups is 1. The van der Waals surface area contributed by atoms with E-state index in [1.165, 1.54) is 36.0 Å². The second-order valence-electron chi connectivity index (χ2n) is 7.09. The molecule has 0 aliphatic carbocycles. The normalized spacial score (nSPS) is 22.4. The fourth-order valence-electron chi connectivity index (χ4n) is 4.02. The molecule has 1 fully saturated rings. The van der Waals surface area contributed by atoms with E-state index in [9.17, 15) is 24.5 Å². The van der Waals surface area contributed by atoms with Gasteiger partial charge in [0.1, 0.15) is 5.25 Å². The summed E-state index contributed by atoms with van der Waals surface area (Å²) in [7, 11) is 0. The summed E-state index contributed by atoms with van der Waals surface area (Å²) >= 11 is 8.23. The molecule has 3 aromatic rings. The van der Waals surface area contributed by atoms with Gasteiger partial charge in [0.25, 0.3) is 5.69 Å².